The van der Waals surface area contributed by atoms with Crippen molar-refractivity contribution in [1.82, 2.24) is 10.2 Å². The summed E-state index contributed by atoms with van der Waals surface area (Å²) < 4.78 is 4.34. The third-order valence-corrected chi connectivity index (χ3v) is 2.03. The van der Waals surface area contributed by atoms with Crippen LogP contribution in [0.2, 0.25) is 0 Å². The van der Waals surface area contributed by atoms with Gasteiger partial charge < -0.3 is 15.0 Å². The molecule has 0 aliphatic carbocycles. The lowest BCUT2D eigenvalue weighted by molar-refractivity contribution is -0.129. The second-order valence-corrected chi connectivity index (χ2v) is 3.64. The number of hydrogen-bond donors (Lipinski definition) is 1. The average molecular weight is 286 g/mol. The van der Waals surface area contributed by atoms with E-state index in [9.17, 15) is 9.59 Å². The normalized spacial score (nSPS) is 11.4. The Kier molecular flexibility index (Phi) is 23.0. The maximum absolute atomic E-state index is 11.3. The Labute approximate surface area is 124 Å². The van der Waals surface area contributed by atoms with Gasteiger partial charge in [0.1, 0.15) is 6.54 Å². The summed E-state index contributed by atoms with van der Waals surface area (Å²) in [4.78, 5) is 23.7. The summed E-state index contributed by atoms with van der Waals surface area (Å²) in [5.74, 6) is -0.0390. The average Bonchev–Trinajstić information content (AvgIpc) is 3.03. The molecule has 1 aliphatic heterocycles. The van der Waals surface area contributed by atoms with Gasteiger partial charge in [0.05, 0.1) is 7.11 Å². The minimum Gasteiger partial charge on any atom is -0.453 e. The van der Waals surface area contributed by atoms with E-state index in [0.717, 1.165) is 25.9 Å². The zero-order chi connectivity index (χ0) is 16.4. The number of likely N-dealkylation sites (tertiary alicyclic amines) is 1. The molecule has 0 aromatic carbocycles. The number of carbonyl (C=O) groups is 2. The van der Waals surface area contributed by atoms with Crippen LogP contribution in [-0.4, -0.2) is 43.6 Å². The van der Waals surface area contributed by atoms with Gasteiger partial charge in [-0.05, 0) is 12.8 Å². The lowest BCUT2D eigenvalue weighted by Crippen LogP contribution is -2.38. The number of alkyl carbamates (subject to hydrolysis) is 1. The largest absolute Gasteiger partial charge is 0.453 e. The van der Waals surface area contributed by atoms with E-state index in [1.807, 2.05) is 13.8 Å². The minimum atomic E-state index is -0.562. The van der Waals surface area contributed by atoms with Crippen molar-refractivity contribution in [2.24, 2.45) is 0 Å². The molecule has 0 atom stereocenters. The summed E-state index contributed by atoms with van der Waals surface area (Å²) in [6, 6.07) is 0. The van der Waals surface area contributed by atoms with Crippen LogP contribution in [0.25, 0.3) is 0 Å². The maximum Gasteiger partial charge on any atom is 0.407 e. The highest BCUT2D eigenvalue weighted by Gasteiger charge is 2.17. The number of carbonyl (C=O) groups excluding carboxylic acids is 2. The van der Waals surface area contributed by atoms with Crippen molar-refractivity contribution in [2.75, 3.05) is 26.7 Å². The van der Waals surface area contributed by atoms with E-state index in [1.165, 1.54) is 13.5 Å². The van der Waals surface area contributed by atoms with E-state index in [2.05, 4.69) is 36.7 Å². The summed E-state index contributed by atoms with van der Waals surface area (Å²) in [7, 11) is 1.27. The van der Waals surface area contributed by atoms with Crippen molar-refractivity contribution in [3.63, 3.8) is 0 Å². The van der Waals surface area contributed by atoms with Crippen molar-refractivity contribution < 1.29 is 14.3 Å². The molecule has 0 unspecified atom stereocenters. The van der Waals surface area contributed by atoms with Gasteiger partial charge >= 0.3 is 6.09 Å². The third-order valence-electron chi connectivity index (χ3n) is 2.03. The van der Waals surface area contributed by atoms with Gasteiger partial charge in [0.25, 0.3) is 0 Å². The Morgan fingerprint density at radius 2 is 1.55 bits per heavy atom. The Balaban J connectivity index is -0.000000355. The molecule has 20 heavy (non-hydrogen) atoms. The van der Waals surface area contributed by atoms with E-state index in [1.54, 1.807) is 4.90 Å². The summed E-state index contributed by atoms with van der Waals surface area (Å²) in [5, 5.41) is 2.36. The fourth-order valence-electron chi connectivity index (χ4n) is 1.30. The first-order valence-corrected chi connectivity index (χ1v) is 7.08. The molecule has 5 heteroatoms. The number of hydrogen-bond acceptors (Lipinski definition) is 3. The fourth-order valence-corrected chi connectivity index (χ4v) is 1.30. The second-order valence-electron chi connectivity index (χ2n) is 3.64. The molecule has 0 aromatic rings. The number of rotatable bonds is 2. The highest BCUT2D eigenvalue weighted by atomic mass is 16.5. The summed E-state index contributed by atoms with van der Waals surface area (Å²) in [6.45, 7) is 9.90. The van der Waals surface area contributed by atoms with Gasteiger partial charge in [-0.1, -0.05) is 34.1 Å². The van der Waals surface area contributed by atoms with Gasteiger partial charge in [-0.25, -0.2) is 4.79 Å². The molecule has 2 amide bonds. The maximum atomic E-state index is 11.3. The number of nitrogens with one attached hydrogen (secondary N) is 1. The first kappa shape index (κ1) is 23.4. The van der Waals surface area contributed by atoms with Crippen LogP contribution >= 0.6 is 0 Å². The van der Waals surface area contributed by atoms with Gasteiger partial charge in [0.2, 0.25) is 5.91 Å². The van der Waals surface area contributed by atoms with E-state index < -0.39 is 6.09 Å². The molecule has 0 spiro atoms. The van der Waals surface area contributed by atoms with Crippen LogP contribution in [0.4, 0.5) is 4.79 Å². The Morgan fingerprint density at radius 3 is 1.90 bits per heavy atom. The zero-order valence-corrected chi connectivity index (χ0v) is 13.6. The van der Waals surface area contributed by atoms with Gasteiger partial charge in [-0.3, -0.25) is 4.79 Å². The molecule has 1 heterocycles. The number of ether oxygens (including phenoxy) is 1. The molecule has 1 aliphatic rings. The van der Waals surface area contributed by atoms with Crippen LogP contribution < -0.4 is 5.32 Å². The van der Waals surface area contributed by atoms with Crippen LogP contribution in [0.1, 0.15) is 47.0 Å². The van der Waals surface area contributed by atoms with E-state index in [0.29, 0.717) is 0 Å². The molecule has 1 rings (SSSR count). The van der Waals surface area contributed by atoms with Gasteiger partial charge in [0.15, 0.2) is 0 Å². The van der Waals surface area contributed by atoms with Crippen LogP contribution in [0.5, 0.6) is 0 Å². The van der Waals surface area contributed by atoms with E-state index in [-0.39, 0.29) is 12.5 Å². The highest BCUT2D eigenvalue weighted by Crippen LogP contribution is 2.06. The summed E-state index contributed by atoms with van der Waals surface area (Å²) in [5.41, 5.74) is 0. The van der Waals surface area contributed by atoms with Crippen LogP contribution in [-0.2, 0) is 9.53 Å². The molecular formula is C15H30N2O3. The van der Waals surface area contributed by atoms with Crippen LogP contribution in [0.15, 0.2) is 0 Å². The molecule has 1 N–H and O–H groups in total. The van der Waals surface area contributed by atoms with Crippen LogP contribution in [0, 0.1) is 12.8 Å². The monoisotopic (exact) mass is 286 g/mol. The van der Waals surface area contributed by atoms with Gasteiger partial charge in [-0.15, -0.1) is 12.8 Å². The second kappa shape index (κ2) is 19.6. The van der Waals surface area contributed by atoms with Crippen molar-refractivity contribution >= 4 is 12.0 Å². The minimum absolute atomic E-state index is 0.0344. The first-order chi connectivity index (χ1) is 9.65. The van der Waals surface area contributed by atoms with Crippen molar-refractivity contribution in [3.05, 3.63) is 0 Å². The zero-order valence-electron chi connectivity index (χ0n) is 13.6. The fraction of sp³-hybridized carbons (Fsp3) is 0.733. The van der Waals surface area contributed by atoms with Crippen molar-refractivity contribution in [3.8, 4) is 12.8 Å². The smallest absolute Gasteiger partial charge is 0.407 e. The Hall–Kier alpha value is -1.70. The predicted molar refractivity (Wildman–Crippen MR) is 83.4 cm³/mol. The first-order valence-electron chi connectivity index (χ1n) is 7.08. The topological polar surface area (TPSA) is 58.6 Å². The lowest BCUT2D eigenvalue weighted by atomic mass is 10.4. The van der Waals surface area contributed by atoms with Gasteiger partial charge in [0, 0.05) is 13.1 Å². The summed E-state index contributed by atoms with van der Waals surface area (Å²) >= 11 is 0. The molecule has 0 radical (unpaired) electrons. The van der Waals surface area contributed by atoms with Crippen LogP contribution in [0.3, 0.4) is 0 Å². The molecule has 118 valence electrons. The van der Waals surface area contributed by atoms with Crippen molar-refractivity contribution in [2.45, 2.75) is 47.0 Å². The Morgan fingerprint density at radius 1 is 1.15 bits per heavy atom. The molecule has 1 fully saturated rings. The quantitative estimate of drug-likeness (QED) is 0.794. The Bertz CT molecular complexity index is 247. The number of terminal acetylenes is 1. The lowest BCUT2D eigenvalue weighted by Gasteiger charge is -2.14. The number of amides is 2. The van der Waals surface area contributed by atoms with Crippen molar-refractivity contribution in [1.29, 1.82) is 0 Å². The third kappa shape index (κ3) is 14.4. The standard InChI is InChI=1S/C8H14N2O3.C3H8.C2H6.C2H2/c1-13-8(12)9-6-7(11)10-4-2-3-5-10;1-3-2;2*1-2/h2-6H2,1H3,(H,9,12);3H2,1-2H3;1-2H3;1-2H. The highest BCUT2D eigenvalue weighted by molar-refractivity contribution is 5.82. The SMILES string of the molecule is C#C.CC.CCC.COC(=O)NCC(=O)N1CCCC1. The van der Waals surface area contributed by atoms with E-state index in [4.69, 9.17) is 0 Å². The number of nitrogens with zero attached hydrogens (tertiary/aromatic N) is 1. The molecule has 0 bridgehead atoms. The molecule has 5 nitrogen and oxygen atoms in total. The van der Waals surface area contributed by atoms with Gasteiger partial charge in [-0.2, -0.15) is 0 Å². The molecule has 1 saturated heterocycles. The molecule has 0 saturated carbocycles. The molecule has 0 aromatic heterocycles. The number of methoxy groups -OCH3 is 1. The van der Waals surface area contributed by atoms with E-state index >= 15 is 0 Å². The predicted octanol–water partition coefficient (Wildman–Crippen LogP) is 2.66. The summed E-state index contributed by atoms with van der Waals surface area (Å²) in [6.07, 6.45) is 10.8. The molecular weight excluding hydrogens is 256 g/mol.